The quantitative estimate of drug-likeness (QED) is 0.399. The molecular weight excluding hydrogens is 580 g/mol. The lowest BCUT2D eigenvalue weighted by Crippen LogP contribution is -2.50. The van der Waals surface area contributed by atoms with Gasteiger partial charge in [0, 0.05) is 50.0 Å². The summed E-state index contributed by atoms with van der Waals surface area (Å²) in [7, 11) is 0. The molecule has 40 heavy (non-hydrogen) atoms. The zero-order valence-electron chi connectivity index (χ0n) is 20.8. The lowest BCUT2D eigenvalue weighted by Gasteiger charge is -2.39. The van der Waals surface area contributed by atoms with E-state index in [1.54, 1.807) is 12.1 Å². The van der Waals surface area contributed by atoms with Gasteiger partial charge in [-0.05, 0) is 29.8 Å². The molecule has 1 fully saturated rings. The topological polar surface area (TPSA) is 118 Å². The van der Waals surface area contributed by atoms with E-state index in [4.69, 9.17) is 47.4 Å². The van der Waals surface area contributed by atoms with Crippen LogP contribution in [-0.2, 0) is 16.0 Å². The van der Waals surface area contributed by atoms with Gasteiger partial charge >= 0.3 is 18.1 Å². The Kier molecular flexibility index (Phi) is 8.87. The fraction of sp³-hybridized carbons (Fsp3) is 0.423. The summed E-state index contributed by atoms with van der Waals surface area (Å²) in [6.45, 7) is -0.214. The van der Waals surface area contributed by atoms with Gasteiger partial charge in [0.25, 0.3) is 0 Å². The van der Waals surface area contributed by atoms with Crippen molar-refractivity contribution in [3.63, 3.8) is 0 Å². The van der Waals surface area contributed by atoms with Crippen LogP contribution in [0.2, 0.25) is 10.0 Å². The number of benzene rings is 2. The van der Waals surface area contributed by atoms with Crippen molar-refractivity contribution in [2.24, 2.45) is 0 Å². The molecule has 0 saturated carbocycles. The number of aromatic carboxylic acids is 1. The Balaban J connectivity index is 1.45. The molecule has 0 aliphatic carbocycles. The van der Waals surface area contributed by atoms with Crippen molar-refractivity contribution in [2.45, 2.75) is 37.1 Å². The van der Waals surface area contributed by atoms with Crippen LogP contribution in [0.1, 0.15) is 28.8 Å². The van der Waals surface area contributed by atoms with E-state index in [0.717, 1.165) is 23.4 Å². The average molecular weight is 603 g/mol. The first kappa shape index (κ1) is 29.6. The van der Waals surface area contributed by atoms with E-state index in [2.05, 4.69) is 0 Å². The summed E-state index contributed by atoms with van der Waals surface area (Å²) in [5, 5.41) is 18.7. The Morgan fingerprint density at radius 2 is 1.88 bits per heavy atom. The molecule has 4 rings (SSSR count). The van der Waals surface area contributed by atoms with Crippen LogP contribution in [0.4, 0.5) is 13.2 Å². The van der Waals surface area contributed by atoms with Crippen molar-refractivity contribution in [1.82, 2.24) is 4.90 Å². The number of piperidine rings is 1. The Morgan fingerprint density at radius 1 is 1.15 bits per heavy atom. The van der Waals surface area contributed by atoms with Crippen LogP contribution in [0, 0.1) is 11.3 Å². The van der Waals surface area contributed by atoms with E-state index in [1.165, 1.54) is 0 Å². The van der Waals surface area contributed by atoms with Gasteiger partial charge in [-0.2, -0.15) is 18.4 Å². The smallest absolute Gasteiger partial charge is 0.489 e. The highest BCUT2D eigenvalue weighted by Crippen LogP contribution is 2.42. The number of hydrogen-bond acceptors (Lipinski definition) is 8. The molecule has 2 aliphatic rings. The molecule has 1 atom stereocenters. The molecule has 0 bridgehead atoms. The number of halogens is 5. The van der Waals surface area contributed by atoms with Gasteiger partial charge in [0.1, 0.15) is 47.2 Å². The Hall–Kier alpha value is -3.40. The highest BCUT2D eigenvalue weighted by molar-refractivity contribution is 6.32. The van der Waals surface area contributed by atoms with Crippen molar-refractivity contribution in [1.29, 1.82) is 5.26 Å². The Bertz CT molecular complexity index is 1320. The first-order valence-electron chi connectivity index (χ1n) is 12.1. The number of alkyl halides is 3. The number of fused-ring (bicyclic) bond motifs is 1. The maximum absolute atomic E-state index is 13.0. The standard InChI is InChI=1S/C26H23Cl2F3N2O7/c27-16-1-2-20-15(9-16)12-25(40-20)3-6-33(7-4-25)13-17(39-24(36)26(29,30)31)14-38-21-11-22(37-8-5-32)19(28)10-18(21)23(34)35/h1-2,9-11,17H,3-4,6-8,12-14H2,(H,34,35)/t17-/m0/s1. The van der Waals surface area contributed by atoms with Crippen molar-refractivity contribution < 1.29 is 46.8 Å². The van der Waals surface area contributed by atoms with E-state index in [0.29, 0.717) is 37.4 Å². The fourth-order valence-electron chi connectivity index (χ4n) is 4.68. The molecule has 0 aromatic heterocycles. The van der Waals surface area contributed by atoms with E-state index >= 15 is 0 Å². The zero-order valence-corrected chi connectivity index (χ0v) is 22.3. The summed E-state index contributed by atoms with van der Waals surface area (Å²) >= 11 is 12.1. The highest BCUT2D eigenvalue weighted by Gasteiger charge is 2.44. The number of nitriles is 1. The number of likely N-dealkylation sites (tertiary alicyclic amines) is 1. The maximum Gasteiger partial charge on any atom is 0.490 e. The van der Waals surface area contributed by atoms with Gasteiger partial charge in [-0.1, -0.05) is 23.2 Å². The molecule has 0 amide bonds. The number of esters is 1. The summed E-state index contributed by atoms with van der Waals surface area (Å²) in [5.74, 6) is -3.42. The first-order chi connectivity index (χ1) is 18.9. The number of carbonyl (C=O) groups is 2. The molecule has 2 aromatic carbocycles. The van der Waals surface area contributed by atoms with Crippen LogP contribution in [-0.4, -0.2) is 72.7 Å². The molecule has 0 unspecified atom stereocenters. The van der Waals surface area contributed by atoms with Gasteiger partial charge in [0.2, 0.25) is 0 Å². The Labute approximate surface area is 236 Å². The van der Waals surface area contributed by atoms with Crippen LogP contribution in [0.3, 0.4) is 0 Å². The predicted octanol–water partition coefficient (Wildman–Crippen LogP) is 4.92. The molecule has 0 radical (unpaired) electrons. The maximum atomic E-state index is 13.0. The number of ether oxygens (including phenoxy) is 4. The third-order valence-corrected chi connectivity index (χ3v) is 7.11. The van der Waals surface area contributed by atoms with Gasteiger partial charge in [-0.25, -0.2) is 9.59 Å². The van der Waals surface area contributed by atoms with Crippen LogP contribution in [0.5, 0.6) is 17.2 Å². The lowest BCUT2D eigenvalue weighted by molar-refractivity contribution is -0.206. The predicted molar refractivity (Wildman–Crippen MR) is 135 cm³/mol. The van der Waals surface area contributed by atoms with Crippen LogP contribution in [0.15, 0.2) is 30.3 Å². The molecule has 1 spiro atoms. The molecule has 2 aromatic rings. The number of hydrogen-bond donors (Lipinski definition) is 1. The van der Waals surface area contributed by atoms with Gasteiger partial charge in [0.05, 0.1) is 5.02 Å². The molecule has 14 heteroatoms. The summed E-state index contributed by atoms with van der Waals surface area (Å²) in [5.41, 5.74) is 0.132. The SMILES string of the molecule is N#CCOc1cc(OC[C@H](CN2CCC3(CC2)Cc2cc(Cl)ccc2O3)OC(=O)C(F)(F)F)c(C(=O)O)cc1Cl. The van der Waals surface area contributed by atoms with Crippen molar-refractivity contribution in [3.05, 3.63) is 51.5 Å². The number of carboxylic acid groups (broad SMARTS) is 1. The number of carboxylic acids is 1. The second-order valence-corrected chi connectivity index (χ2v) is 10.2. The minimum absolute atomic E-state index is 0.0628. The van der Waals surface area contributed by atoms with Crippen molar-refractivity contribution in [2.75, 3.05) is 32.8 Å². The van der Waals surface area contributed by atoms with Crippen molar-refractivity contribution in [3.8, 4) is 23.3 Å². The molecule has 2 heterocycles. The van der Waals surface area contributed by atoms with E-state index in [9.17, 15) is 27.9 Å². The third-order valence-electron chi connectivity index (χ3n) is 6.58. The normalized spacial score (nSPS) is 16.9. The monoisotopic (exact) mass is 602 g/mol. The molecular formula is C26H23Cl2F3N2O7. The van der Waals surface area contributed by atoms with E-state index in [1.807, 2.05) is 17.0 Å². The third kappa shape index (κ3) is 7.02. The molecule has 1 saturated heterocycles. The summed E-state index contributed by atoms with van der Waals surface area (Å²) in [4.78, 5) is 25.2. The van der Waals surface area contributed by atoms with E-state index in [-0.39, 0.29) is 23.1 Å². The van der Waals surface area contributed by atoms with Crippen molar-refractivity contribution >= 4 is 35.1 Å². The van der Waals surface area contributed by atoms with Gasteiger partial charge in [-0.15, -0.1) is 0 Å². The second-order valence-electron chi connectivity index (χ2n) is 9.38. The zero-order chi connectivity index (χ0) is 29.1. The van der Waals surface area contributed by atoms with E-state index < -0.39 is 48.6 Å². The minimum atomic E-state index is -5.24. The summed E-state index contributed by atoms with van der Waals surface area (Å²) in [6, 6.07) is 9.27. The minimum Gasteiger partial charge on any atom is -0.489 e. The lowest BCUT2D eigenvalue weighted by atomic mass is 9.87. The van der Waals surface area contributed by atoms with Gasteiger partial charge < -0.3 is 24.1 Å². The molecule has 214 valence electrons. The number of rotatable bonds is 9. The molecule has 2 aliphatic heterocycles. The fourth-order valence-corrected chi connectivity index (χ4v) is 5.09. The first-order valence-corrected chi connectivity index (χ1v) is 12.8. The number of nitrogens with zero attached hydrogens (tertiary/aromatic N) is 2. The van der Waals surface area contributed by atoms with Gasteiger partial charge in [0.15, 0.2) is 6.61 Å². The number of carbonyl (C=O) groups excluding carboxylic acids is 1. The summed E-state index contributed by atoms with van der Waals surface area (Å²) < 4.78 is 60.6. The Morgan fingerprint density at radius 3 is 2.52 bits per heavy atom. The molecule has 1 N–H and O–H groups in total. The average Bonchev–Trinajstić information content (AvgIpc) is 3.24. The molecule has 9 nitrogen and oxygen atoms in total. The second kappa shape index (κ2) is 12.0. The van der Waals surface area contributed by atoms with Gasteiger partial charge in [-0.3, -0.25) is 4.90 Å². The van der Waals surface area contributed by atoms with Crippen LogP contribution >= 0.6 is 23.2 Å². The largest absolute Gasteiger partial charge is 0.490 e. The summed E-state index contributed by atoms with van der Waals surface area (Å²) in [6.07, 6.45) is -4.85. The van der Waals surface area contributed by atoms with Crippen LogP contribution < -0.4 is 14.2 Å². The van der Waals surface area contributed by atoms with Crippen LogP contribution in [0.25, 0.3) is 0 Å². The highest BCUT2D eigenvalue weighted by atomic mass is 35.5.